The smallest absolute Gasteiger partial charge is 0.0417 e. The molecule has 0 aliphatic heterocycles. The number of pyridine rings is 2. The lowest BCUT2D eigenvalue weighted by atomic mass is 10.2. The zero-order valence-corrected chi connectivity index (χ0v) is 10.2. The molecule has 1 N–H and O–H groups in total. The van der Waals surface area contributed by atoms with Gasteiger partial charge in [0.25, 0.3) is 0 Å². The van der Waals surface area contributed by atoms with Crippen LogP contribution in [0, 0.1) is 0 Å². The van der Waals surface area contributed by atoms with Crippen molar-refractivity contribution in [3.63, 3.8) is 0 Å². The second-order valence-corrected chi connectivity index (χ2v) is 4.10. The molecule has 0 atom stereocenters. The summed E-state index contributed by atoms with van der Waals surface area (Å²) >= 11 is 0. The molecule has 0 fully saturated rings. The average Bonchev–Trinajstić information content (AvgIpc) is 2.45. The summed E-state index contributed by atoms with van der Waals surface area (Å²) in [7, 11) is 0. The zero-order chi connectivity index (χ0) is 12.6. The van der Waals surface area contributed by atoms with E-state index in [0.717, 1.165) is 24.2 Å². The van der Waals surface area contributed by atoms with E-state index >= 15 is 0 Å². The maximum atomic E-state index is 9.75. The molecule has 0 spiro atoms. The molecule has 0 aliphatic rings. The van der Waals surface area contributed by atoms with E-state index in [1.807, 2.05) is 36.4 Å². The van der Waals surface area contributed by atoms with Crippen LogP contribution in [0.1, 0.15) is 11.4 Å². The van der Waals surface area contributed by atoms with Crippen molar-refractivity contribution in [3.8, 4) is 0 Å². The second kappa shape index (κ2) is 6.83. The van der Waals surface area contributed by atoms with Gasteiger partial charge in [0.05, 0.1) is 0 Å². The predicted octanol–water partition coefficient (Wildman–Crippen LogP) is 1.95. The summed E-state index contributed by atoms with van der Waals surface area (Å²) in [6.07, 6.45) is 5.04. The number of rotatable bonds is 6. The first-order valence-electron chi connectivity index (χ1n) is 6.08. The van der Waals surface area contributed by atoms with E-state index in [9.17, 15) is 5.21 Å². The van der Waals surface area contributed by atoms with E-state index in [-0.39, 0.29) is 0 Å². The molecule has 0 amide bonds. The largest absolute Gasteiger partial charge is 0.314 e. The highest BCUT2D eigenvalue weighted by Gasteiger charge is 2.03. The fraction of sp³-hybridized carbons (Fsp3) is 0.286. The fourth-order valence-corrected chi connectivity index (χ4v) is 1.69. The fourth-order valence-electron chi connectivity index (χ4n) is 1.69. The van der Waals surface area contributed by atoms with Gasteiger partial charge in [-0.2, -0.15) is 5.06 Å². The quantitative estimate of drug-likeness (QED) is 0.788. The third-order valence-electron chi connectivity index (χ3n) is 2.70. The maximum Gasteiger partial charge on any atom is 0.0417 e. The van der Waals surface area contributed by atoms with Gasteiger partial charge < -0.3 is 5.21 Å². The van der Waals surface area contributed by atoms with Crippen molar-refractivity contribution >= 4 is 0 Å². The Hall–Kier alpha value is -1.78. The van der Waals surface area contributed by atoms with Crippen molar-refractivity contribution in [3.05, 3.63) is 60.2 Å². The molecular weight excluding hydrogens is 226 g/mol. The molecule has 0 aliphatic carbocycles. The monoisotopic (exact) mass is 243 g/mol. The minimum atomic E-state index is 0.587. The van der Waals surface area contributed by atoms with Crippen LogP contribution in [0.2, 0.25) is 0 Å². The van der Waals surface area contributed by atoms with Crippen LogP contribution in [0.5, 0.6) is 0 Å². The zero-order valence-electron chi connectivity index (χ0n) is 10.2. The molecule has 0 saturated carbocycles. The molecule has 4 nitrogen and oxygen atoms in total. The Morgan fingerprint density at radius 2 is 1.33 bits per heavy atom. The number of hydroxylamine groups is 2. The standard InChI is InChI=1S/C14H17N3O/c18-17(11-7-13-5-1-3-9-15-13)12-8-14-6-2-4-10-16-14/h1-6,9-10,18H,7-8,11-12H2. The molecule has 0 unspecified atom stereocenters. The lowest BCUT2D eigenvalue weighted by Crippen LogP contribution is -2.25. The molecule has 0 aromatic carbocycles. The number of hydrogen-bond donors (Lipinski definition) is 1. The van der Waals surface area contributed by atoms with E-state index < -0.39 is 0 Å². The summed E-state index contributed by atoms with van der Waals surface area (Å²) in [5.74, 6) is 0. The van der Waals surface area contributed by atoms with Gasteiger partial charge in [-0.3, -0.25) is 9.97 Å². The Bertz CT molecular complexity index is 404. The summed E-state index contributed by atoms with van der Waals surface area (Å²) in [5.41, 5.74) is 1.99. The molecule has 4 heteroatoms. The van der Waals surface area contributed by atoms with Gasteiger partial charge in [-0.05, 0) is 24.3 Å². The van der Waals surface area contributed by atoms with Gasteiger partial charge in [0.1, 0.15) is 0 Å². The summed E-state index contributed by atoms with van der Waals surface area (Å²) in [4.78, 5) is 8.44. The average molecular weight is 243 g/mol. The van der Waals surface area contributed by atoms with Gasteiger partial charge in [0.15, 0.2) is 0 Å². The minimum Gasteiger partial charge on any atom is -0.314 e. The summed E-state index contributed by atoms with van der Waals surface area (Å²) in [6.45, 7) is 1.17. The van der Waals surface area contributed by atoms with Gasteiger partial charge >= 0.3 is 0 Å². The van der Waals surface area contributed by atoms with Crippen molar-refractivity contribution in [2.24, 2.45) is 0 Å². The van der Waals surface area contributed by atoms with Crippen LogP contribution >= 0.6 is 0 Å². The topological polar surface area (TPSA) is 49.2 Å². The highest BCUT2D eigenvalue weighted by molar-refractivity contribution is 5.04. The Balaban J connectivity index is 1.71. The Morgan fingerprint density at radius 1 is 0.833 bits per heavy atom. The van der Waals surface area contributed by atoms with Gasteiger partial charge in [-0.15, -0.1) is 0 Å². The molecule has 2 aromatic heterocycles. The molecule has 2 rings (SSSR count). The normalized spacial score (nSPS) is 10.8. The molecule has 0 bridgehead atoms. The van der Waals surface area contributed by atoms with Crippen LogP contribution in [-0.4, -0.2) is 33.3 Å². The minimum absolute atomic E-state index is 0.587. The van der Waals surface area contributed by atoms with Crippen molar-refractivity contribution in [1.29, 1.82) is 0 Å². The first-order chi connectivity index (χ1) is 8.84. The first-order valence-corrected chi connectivity index (χ1v) is 6.08. The van der Waals surface area contributed by atoms with Crippen molar-refractivity contribution < 1.29 is 5.21 Å². The van der Waals surface area contributed by atoms with E-state index in [2.05, 4.69) is 9.97 Å². The number of nitrogens with zero attached hydrogens (tertiary/aromatic N) is 3. The van der Waals surface area contributed by atoms with E-state index in [1.54, 1.807) is 12.4 Å². The van der Waals surface area contributed by atoms with Crippen molar-refractivity contribution in [2.75, 3.05) is 13.1 Å². The first kappa shape index (κ1) is 12.7. The molecular formula is C14H17N3O. The van der Waals surface area contributed by atoms with Gasteiger partial charge in [-0.25, -0.2) is 0 Å². The summed E-state index contributed by atoms with van der Waals surface area (Å²) in [6, 6.07) is 11.6. The third-order valence-corrected chi connectivity index (χ3v) is 2.70. The number of hydrogen-bond acceptors (Lipinski definition) is 4. The molecule has 94 valence electrons. The maximum absolute atomic E-state index is 9.75. The van der Waals surface area contributed by atoms with Crippen LogP contribution in [-0.2, 0) is 12.8 Å². The van der Waals surface area contributed by atoms with E-state index in [0.29, 0.717) is 13.1 Å². The predicted molar refractivity (Wildman–Crippen MR) is 69.2 cm³/mol. The van der Waals surface area contributed by atoms with Crippen molar-refractivity contribution in [1.82, 2.24) is 15.0 Å². The summed E-state index contributed by atoms with van der Waals surface area (Å²) in [5, 5.41) is 11.1. The lowest BCUT2D eigenvalue weighted by Gasteiger charge is -2.13. The van der Waals surface area contributed by atoms with E-state index in [4.69, 9.17) is 0 Å². The van der Waals surface area contributed by atoms with E-state index in [1.165, 1.54) is 5.06 Å². The Morgan fingerprint density at radius 3 is 1.72 bits per heavy atom. The highest BCUT2D eigenvalue weighted by atomic mass is 16.5. The highest BCUT2D eigenvalue weighted by Crippen LogP contribution is 1.99. The Labute approximate surface area is 107 Å². The van der Waals surface area contributed by atoms with Crippen LogP contribution < -0.4 is 0 Å². The number of aromatic nitrogens is 2. The second-order valence-electron chi connectivity index (χ2n) is 4.10. The summed E-state index contributed by atoms with van der Waals surface area (Å²) < 4.78 is 0. The van der Waals surface area contributed by atoms with Crippen LogP contribution in [0.4, 0.5) is 0 Å². The van der Waals surface area contributed by atoms with Gasteiger partial charge in [-0.1, -0.05) is 12.1 Å². The van der Waals surface area contributed by atoms with Crippen LogP contribution in [0.25, 0.3) is 0 Å². The Kier molecular flexibility index (Phi) is 4.81. The van der Waals surface area contributed by atoms with Crippen molar-refractivity contribution in [2.45, 2.75) is 12.8 Å². The molecule has 2 aromatic rings. The molecule has 2 heterocycles. The SMILES string of the molecule is ON(CCc1ccccn1)CCc1ccccn1. The van der Waals surface area contributed by atoms with Gasteiger partial charge in [0.2, 0.25) is 0 Å². The molecule has 0 saturated heterocycles. The van der Waals surface area contributed by atoms with Crippen LogP contribution in [0.15, 0.2) is 48.8 Å². The lowest BCUT2D eigenvalue weighted by molar-refractivity contribution is -0.0889. The van der Waals surface area contributed by atoms with Gasteiger partial charge in [0, 0.05) is 49.7 Å². The molecule has 0 radical (unpaired) electrons. The third kappa shape index (κ3) is 4.24. The van der Waals surface area contributed by atoms with Crippen LogP contribution in [0.3, 0.4) is 0 Å². The molecule has 18 heavy (non-hydrogen) atoms.